The number of hydrogen-bond donors (Lipinski definition) is 1. The molecule has 2 rings (SSSR count). The SMILES string of the molecule is CCC1=C(C(N)C(C)C)C2=CCCC=C2C1. The van der Waals surface area contributed by atoms with Crippen molar-refractivity contribution in [1.29, 1.82) is 0 Å². The topological polar surface area (TPSA) is 26.0 Å². The molecule has 0 aromatic carbocycles. The zero-order chi connectivity index (χ0) is 11.7. The number of hydrogen-bond acceptors (Lipinski definition) is 1. The third-order valence-corrected chi connectivity index (χ3v) is 3.81. The summed E-state index contributed by atoms with van der Waals surface area (Å²) < 4.78 is 0. The highest BCUT2D eigenvalue weighted by Crippen LogP contribution is 2.42. The lowest BCUT2D eigenvalue weighted by molar-refractivity contribution is 0.550. The molecule has 88 valence electrons. The molecule has 0 amide bonds. The van der Waals surface area contributed by atoms with Crippen LogP contribution in [0.25, 0.3) is 0 Å². The minimum atomic E-state index is 0.213. The number of allylic oxidation sites excluding steroid dienone is 4. The molecule has 0 saturated heterocycles. The van der Waals surface area contributed by atoms with Crippen molar-refractivity contribution in [2.45, 2.75) is 52.5 Å². The second kappa shape index (κ2) is 4.58. The summed E-state index contributed by atoms with van der Waals surface area (Å²) in [5, 5.41) is 0. The molecule has 1 atom stereocenters. The molecule has 2 N–H and O–H groups in total. The number of rotatable bonds is 3. The van der Waals surface area contributed by atoms with Gasteiger partial charge in [-0.25, -0.2) is 0 Å². The molecule has 0 saturated carbocycles. The maximum Gasteiger partial charge on any atom is 0.0323 e. The fourth-order valence-electron chi connectivity index (χ4n) is 2.76. The molecule has 0 radical (unpaired) electrons. The molecule has 0 bridgehead atoms. The zero-order valence-electron chi connectivity index (χ0n) is 10.7. The van der Waals surface area contributed by atoms with Crippen LogP contribution >= 0.6 is 0 Å². The Bertz CT molecular complexity index is 369. The summed E-state index contributed by atoms with van der Waals surface area (Å²) in [6.45, 7) is 6.69. The number of nitrogens with two attached hydrogens (primary N) is 1. The van der Waals surface area contributed by atoms with E-state index in [-0.39, 0.29) is 6.04 Å². The minimum Gasteiger partial charge on any atom is -0.324 e. The van der Waals surface area contributed by atoms with Crippen molar-refractivity contribution in [2.24, 2.45) is 11.7 Å². The standard InChI is InChI=1S/C15H23N/c1-4-11-9-12-7-5-6-8-13(12)14(11)15(16)10(2)3/h7-8,10,15H,4-6,9,16H2,1-3H3. The van der Waals surface area contributed by atoms with Crippen LogP contribution in [0.15, 0.2) is 34.4 Å². The van der Waals surface area contributed by atoms with Gasteiger partial charge in [0.1, 0.15) is 0 Å². The Labute approximate surface area is 99.1 Å². The molecular weight excluding hydrogens is 194 g/mol. The molecular formula is C15H23N. The van der Waals surface area contributed by atoms with Crippen LogP contribution in [-0.2, 0) is 0 Å². The van der Waals surface area contributed by atoms with E-state index < -0.39 is 0 Å². The first-order chi connectivity index (χ1) is 7.65. The average molecular weight is 217 g/mol. The van der Waals surface area contributed by atoms with Crippen molar-refractivity contribution >= 4 is 0 Å². The zero-order valence-corrected chi connectivity index (χ0v) is 10.7. The van der Waals surface area contributed by atoms with Crippen LogP contribution in [0.5, 0.6) is 0 Å². The molecule has 0 fully saturated rings. The minimum absolute atomic E-state index is 0.213. The van der Waals surface area contributed by atoms with Gasteiger partial charge in [0.25, 0.3) is 0 Å². The average Bonchev–Trinajstić information content (AvgIpc) is 2.66. The Balaban J connectivity index is 2.38. The molecule has 16 heavy (non-hydrogen) atoms. The van der Waals surface area contributed by atoms with Gasteiger partial charge in [0.05, 0.1) is 0 Å². The van der Waals surface area contributed by atoms with Crippen molar-refractivity contribution in [2.75, 3.05) is 0 Å². The summed E-state index contributed by atoms with van der Waals surface area (Å²) in [7, 11) is 0. The highest BCUT2D eigenvalue weighted by Gasteiger charge is 2.29. The van der Waals surface area contributed by atoms with Crippen LogP contribution in [-0.4, -0.2) is 6.04 Å². The maximum absolute atomic E-state index is 6.37. The first-order valence-electron chi connectivity index (χ1n) is 6.52. The Morgan fingerprint density at radius 3 is 2.56 bits per heavy atom. The second-order valence-corrected chi connectivity index (χ2v) is 5.24. The van der Waals surface area contributed by atoms with E-state index in [1.54, 1.807) is 5.57 Å². The largest absolute Gasteiger partial charge is 0.324 e. The monoisotopic (exact) mass is 217 g/mol. The first kappa shape index (κ1) is 11.7. The van der Waals surface area contributed by atoms with Crippen LogP contribution in [0.3, 0.4) is 0 Å². The van der Waals surface area contributed by atoms with E-state index in [0.717, 1.165) is 12.8 Å². The van der Waals surface area contributed by atoms with E-state index in [1.165, 1.54) is 29.6 Å². The third kappa shape index (κ3) is 1.89. The van der Waals surface area contributed by atoms with Gasteiger partial charge in [-0.3, -0.25) is 0 Å². The lowest BCUT2D eigenvalue weighted by Gasteiger charge is -2.21. The van der Waals surface area contributed by atoms with E-state index in [0.29, 0.717) is 5.92 Å². The third-order valence-electron chi connectivity index (χ3n) is 3.81. The van der Waals surface area contributed by atoms with Crippen molar-refractivity contribution in [3.05, 3.63) is 34.4 Å². The van der Waals surface area contributed by atoms with Crippen LogP contribution in [0.4, 0.5) is 0 Å². The predicted octanol–water partition coefficient (Wildman–Crippen LogP) is 3.73. The summed E-state index contributed by atoms with van der Waals surface area (Å²) in [5.74, 6) is 0.527. The molecule has 1 unspecified atom stereocenters. The van der Waals surface area contributed by atoms with E-state index in [1.807, 2.05) is 0 Å². The Kier molecular flexibility index (Phi) is 3.34. The van der Waals surface area contributed by atoms with Crippen molar-refractivity contribution in [1.82, 2.24) is 0 Å². The maximum atomic E-state index is 6.37. The second-order valence-electron chi connectivity index (χ2n) is 5.24. The van der Waals surface area contributed by atoms with Gasteiger partial charge in [-0.2, -0.15) is 0 Å². The molecule has 1 heteroatoms. The molecule has 0 aliphatic heterocycles. The molecule has 0 aromatic rings. The van der Waals surface area contributed by atoms with Crippen molar-refractivity contribution in [3.8, 4) is 0 Å². The highest BCUT2D eigenvalue weighted by atomic mass is 14.7. The Hall–Kier alpha value is -0.820. The fraction of sp³-hybridized carbons (Fsp3) is 0.600. The molecule has 2 aliphatic carbocycles. The summed E-state index contributed by atoms with van der Waals surface area (Å²) >= 11 is 0. The van der Waals surface area contributed by atoms with Crippen LogP contribution in [0.1, 0.15) is 46.5 Å². The summed E-state index contributed by atoms with van der Waals surface area (Å²) in [4.78, 5) is 0. The van der Waals surface area contributed by atoms with E-state index in [4.69, 9.17) is 5.73 Å². The molecule has 0 spiro atoms. The summed E-state index contributed by atoms with van der Waals surface area (Å²) in [6.07, 6.45) is 9.49. The van der Waals surface area contributed by atoms with E-state index >= 15 is 0 Å². The quantitative estimate of drug-likeness (QED) is 0.766. The first-order valence-corrected chi connectivity index (χ1v) is 6.52. The molecule has 0 heterocycles. The predicted molar refractivity (Wildman–Crippen MR) is 70.1 cm³/mol. The van der Waals surface area contributed by atoms with Gasteiger partial charge in [0, 0.05) is 6.04 Å². The summed E-state index contributed by atoms with van der Waals surface area (Å²) in [6, 6.07) is 0.213. The van der Waals surface area contributed by atoms with Gasteiger partial charge in [-0.05, 0) is 48.3 Å². The summed E-state index contributed by atoms with van der Waals surface area (Å²) in [5.41, 5.74) is 12.4. The normalized spacial score (nSPS) is 22.1. The van der Waals surface area contributed by atoms with Crippen LogP contribution < -0.4 is 5.73 Å². The van der Waals surface area contributed by atoms with E-state index in [2.05, 4.69) is 32.9 Å². The number of fused-ring (bicyclic) bond motifs is 1. The van der Waals surface area contributed by atoms with Crippen LogP contribution in [0.2, 0.25) is 0 Å². The van der Waals surface area contributed by atoms with Crippen molar-refractivity contribution in [3.63, 3.8) is 0 Å². The van der Waals surface area contributed by atoms with Gasteiger partial charge in [0.15, 0.2) is 0 Å². The molecule has 2 aliphatic rings. The fourth-order valence-corrected chi connectivity index (χ4v) is 2.76. The van der Waals surface area contributed by atoms with Gasteiger partial charge >= 0.3 is 0 Å². The molecule has 1 nitrogen and oxygen atoms in total. The van der Waals surface area contributed by atoms with Gasteiger partial charge < -0.3 is 5.73 Å². The highest BCUT2D eigenvalue weighted by molar-refractivity contribution is 5.59. The Morgan fingerprint density at radius 1 is 1.25 bits per heavy atom. The lowest BCUT2D eigenvalue weighted by atomic mass is 9.88. The van der Waals surface area contributed by atoms with E-state index in [9.17, 15) is 0 Å². The lowest BCUT2D eigenvalue weighted by Crippen LogP contribution is -2.29. The smallest absolute Gasteiger partial charge is 0.0323 e. The molecule has 0 aromatic heterocycles. The Morgan fingerprint density at radius 2 is 1.94 bits per heavy atom. The van der Waals surface area contributed by atoms with Gasteiger partial charge in [-0.1, -0.05) is 38.5 Å². The van der Waals surface area contributed by atoms with Crippen LogP contribution in [0, 0.1) is 5.92 Å². The van der Waals surface area contributed by atoms with Gasteiger partial charge in [-0.15, -0.1) is 0 Å². The van der Waals surface area contributed by atoms with Gasteiger partial charge in [0.2, 0.25) is 0 Å². The van der Waals surface area contributed by atoms with Crippen molar-refractivity contribution < 1.29 is 0 Å².